The summed E-state index contributed by atoms with van der Waals surface area (Å²) >= 11 is 0. The molecule has 1 atom stereocenters. The molecule has 2 N–H and O–H groups in total. The molecular weight excluding hydrogens is 250 g/mol. The fourth-order valence-electron chi connectivity index (χ4n) is 1.50. The summed E-state index contributed by atoms with van der Waals surface area (Å²) in [7, 11) is 0. The maximum atomic E-state index is 11.8. The van der Waals surface area contributed by atoms with Crippen molar-refractivity contribution in [2.45, 2.75) is 12.5 Å². The van der Waals surface area contributed by atoms with Gasteiger partial charge in [-0.3, -0.25) is 4.79 Å². The van der Waals surface area contributed by atoms with Gasteiger partial charge in [-0.15, -0.1) is 0 Å². The van der Waals surface area contributed by atoms with Crippen LogP contribution in [0.1, 0.15) is 12.0 Å². The van der Waals surface area contributed by atoms with E-state index in [1.54, 1.807) is 24.3 Å². The van der Waals surface area contributed by atoms with Gasteiger partial charge in [0.25, 0.3) is 5.91 Å². The van der Waals surface area contributed by atoms with Crippen LogP contribution < -0.4 is 5.32 Å². The Hall–Kier alpha value is -2.88. The van der Waals surface area contributed by atoms with Gasteiger partial charge in [0.2, 0.25) is 6.10 Å². The topological polar surface area (TPSA) is 112 Å². The monoisotopic (exact) mass is 259 g/mol. The molecule has 7 nitrogen and oxygen atoms in total. The van der Waals surface area contributed by atoms with Crippen molar-refractivity contribution in [3.8, 4) is 6.07 Å². The summed E-state index contributed by atoms with van der Waals surface area (Å²) in [5.74, 6) is -1.68. The van der Waals surface area contributed by atoms with Crippen molar-refractivity contribution in [2.24, 2.45) is 5.16 Å². The lowest BCUT2D eigenvalue weighted by atomic mass is 10.1. The average Bonchev–Trinajstić information content (AvgIpc) is 2.89. The predicted octanol–water partition coefficient (Wildman–Crippen LogP) is 0.726. The number of hydrogen-bond acceptors (Lipinski definition) is 5. The molecule has 0 aromatic heterocycles. The van der Waals surface area contributed by atoms with Crippen LogP contribution in [0.5, 0.6) is 0 Å². The molecule has 1 heterocycles. The molecule has 0 spiro atoms. The van der Waals surface area contributed by atoms with E-state index >= 15 is 0 Å². The Balaban J connectivity index is 1.95. The number of carboxylic acid groups (broad SMARTS) is 1. The van der Waals surface area contributed by atoms with E-state index in [4.69, 9.17) is 15.2 Å². The maximum Gasteiger partial charge on any atom is 0.353 e. The molecule has 96 valence electrons. The summed E-state index contributed by atoms with van der Waals surface area (Å²) in [5.41, 5.74) is 0.794. The van der Waals surface area contributed by atoms with Gasteiger partial charge in [-0.25, -0.2) is 4.79 Å². The molecule has 1 aromatic carbocycles. The summed E-state index contributed by atoms with van der Waals surface area (Å²) in [6.07, 6.45) is -1.01. The van der Waals surface area contributed by atoms with Gasteiger partial charge in [0.05, 0.1) is 11.6 Å². The van der Waals surface area contributed by atoms with Crippen LogP contribution in [0, 0.1) is 11.3 Å². The van der Waals surface area contributed by atoms with E-state index in [2.05, 4.69) is 10.5 Å². The Kier molecular flexibility index (Phi) is 3.43. The Morgan fingerprint density at radius 2 is 2.11 bits per heavy atom. The van der Waals surface area contributed by atoms with Gasteiger partial charge in [0.15, 0.2) is 5.71 Å². The van der Waals surface area contributed by atoms with Crippen molar-refractivity contribution >= 4 is 23.3 Å². The predicted molar refractivity (Wildman–Crippen MR) is 64.3 cm³/mol. The number of oxime groups is 1. The molecule has 19 heavy (non-hydrogen) atoms. The Labute approximate surface area is 108 Å². The summed E-state index contributed by atoms with van der Waals surface area (Å²) in [4.78, 5) is 27.1. The van der Waals surface area contributed by atoms with E-state index in [0.29, 0.717) is 11.3 Å². The fourth-order valence-corrected chi connectivity index (χ4v) is 1.50. The van der Waals surface area contributed by atoms with Crippen molar-refractivity contribution in [3.05, 3.63) is 29.8 Å². The number of carbonyl (C=O) groups is 2. The van der Waals surface area contributed by atoms with Crippen molar-refractivity contribution in [1.82, 2.24) is 0 Å². The summed E-state index contributed by atoms with van der Waals surface area (Å²) < 4.78 is 0. The second-order valence-corrected chi connectivity index (χ2v) is 3.82. The van der Waals surface area contributed by atoms with Gasteiger partial charge in [-0.05, 0) is 24.3 Å². The van der Waals surface area contributed by atoms with E-state index in [-0.39, 0.29) is 12.1 Å². The van der Waals surface area contributed by atoms with Crippen molar-refractivity contribution < 1.29 is 19.5 Å². The number of nitrogens with zero attached hydrogens (tertiary/aromatic N) is 2. The minimum absolute atomic E-state index is 0.0720. The van der Waals surface area contributed by atoms with Gasteiger partial charge in [0, 0.05) is 12.1 Å². The molecule has 0 bridgehead atoms. The van der Waals surface area contributed by atoms with Gasteiger partial charge < -0.3 is 15.3 Å². The second kappa shape index (κ2) is 5.18. The molecule has 0 radical (unpaired) electrons. The summed E-state index contributed by atoms with van der Waals surface area (Å²) in [6.45, 7) is 0. The highest BCUT2D eigenvalue weighted by Gasteiger charge is 2.31. The van der Waals surface area contributed by atoms with E-state index in [0.717, 1.165) is 0 Å². The van der Waals surface area contributed by atoms with E-state index in [1.165, 1.54) is 0 Å². The van der Waals surface area contributed by atoms with Crippen LogP contribution in [0.25, 0.3) is 0 Å². The highest BCUT2D eigenvalue weighted by Crippen LogP contribution is 2.14. The number of nitrogens with one attached hydrogen (secondary N) is 1. The smallest absolute Gasteiger partial charge is 0.353 e. The molecule has 1 amide bonds. The van der Waals surface area contributed by atoms with E-state index in [9.17, 15) is 9.59 Å². The van der Waals surface area contributed by atoms with Crippen LogP contribution in [-0.4, -0.2) is 28.8 Å². The number of amides is 1. The number of carboxylic acids is 1. The molecule has 1 aromatic rings. The molecule has 2 rings (SSSR count). The number of nitriles is 1. The van der Waals surface area contributed by atoms with Gasteiger partial charge >= 0.3 is 5.97 Å². The molecule has 7 heteroatoms. The summed E-state index contributed by atoms with van der Waals surface area (Å²) in [5, 5.41) is 23.2. The second-order valence-electron chi connectivity index (χ2n) is 3.82. The molecule has 0 aliphatic carbocycles. The van der Waals surface area contributed by atoms with Crippen LogP contribution >= 0.6 is 0 Å². The number of hydrogen-bond donors (Lipinski definition) is 2. The zero-order chi connectivity index (χ0) is 13.8. The first-order chi connectivity index (χ1) is 9.10. The van der Waals surface area contributed by atoms with Crippen molar-refractivity contribution in [3.63, 3.8) is 0 Å². The molecule has 1 aliphatic rings. The van der Waals surface area contributed by atoms with Crippen molar-refractivity contribution in [2.75, 3.05) is 5.32 Å². The first-order valence-corrected chi connectivity index (χ1v) is 5.37. The molecular formula is C12H9N3O4. The lowest BCUT2D eigenvalue weighted by Crippen LogP contribution is -2.28. The standard InChI is InChI=1S/C12H9N3O4/c13-6-7-1-3-8(4-2-7)14-11(16)10-5-9(12(17)18)15-19-10/h1-4,10H,5H2,(H,14,16)(H,17,18). The number of aliphatic carboxylic acids is 1. The third kappa shape index (κ3) is 2.87. The Morgan fingerprint density at radius 3 is 2.63 bits per heavy atom. The van der Waals surface area contributed by atoms with E-state index in [1.807, 2.05) is 6.07 Å². The molecule has 0 saturated carbocycles. The van der Waals surface area contributed by atoms with Crippen molar-refractivity contribution in [1.29, 1.82) is 5.26 Å². The van der Waals surface area contributed by atoms with Crippen LogP contribution in [0.15, 0.2) is 29.4 Å². The molecule has 0 fully saturated rings. The molecule has 0 saturated heterocycles. The minimum Gasteiger partial charge on any atom is -0.477 e. The zero-order valence-corrected chi connectivity index (χ0v) is 9.66. The van der Waals surface area contributed by atoms with Gasteiger partial charge in [-0.1, -0.05) is 5.16 Å². The Morgan fingerprint density at radius 1 is 1.42 bits per heavy atom. The maximum absolute atomic E-state index is 11.8. The van der Waals surface area contributed by atoms with Gasteiger partial charge in [0.1, 0.15) is 0 Å². The number of benzene rings is 1. The van der Waals surface area contributed by atoms with Crippen LogP contribution in [0.3, 0.4) is 0 Å². The average molecular weight is 259 g/mol. The lowest BCUT2D eigenvalue weighted by Gasteiger charge is -2.09. The fraction of sp³-hybridized carbons (Fsp3) is 0.167. The normalized spacial score (nSPS) is 17.0. The minimum atomic E-state index is -1.20. The largest absolute Gasteiger partial charge is 0.477 e. The third-order valence-electron chi connectivity index (χ3n) is 2.49. The van der Waals surface area contributed by atoms with Crippen LogP contribution in [-0.2, 0) is 14.4 Å². The molecule has 1 unspecified atom stereocenters. The molecule has 1 aliphatic heterocycles. The Bertz CT molecular complexity index is 586. The van der Waals surface area contributed by atoms with Crippen LogP contribution in [0.2, 0.25) is 0 Å². The van der Waals surface area contributed by atoms with Gasteiger partial charge in [-0.2, -0.15) is 5.26 Å². The SMILES string of the molecule is N#Cc1ccc(NC(=O)C2CC(C(=O)O)=NO2)cc1. The van der Waals surface area contributed by atoms with Crippen LogP contribution in [0.4, 0.5) is 5.69 Å². The lowest BCUT2D eigenvalue weighted by molar-refractivity contribution is -0.129. The highest BCUT2D eigenvalue weighted by molar-refractivity contribution is 6.36. The first kappa shape index (κ1) is 12.6. The number of rotatable bonds is 3. The third-order valence-corrected chi connectivity index (χ3v) is 2.49. The first-order valence-electron chi connectivity index (χ1n) is 5.37. The zero-order valence-electron chi connectivity index (χ0n) is 9.66. The highest BCUT2D eigenvalue weighted by atomic mass is 16.6. The number of carbonyl (C=O) groups excluding carboxylic acids is 1. The van der Waals surface area contributed by atoms with E-state index < -0.39 is 18.0 Å². The summed E-state index contributed by atoms with van der Waals surface area (Å²) in [6, 6.07) is 8.23. The number of anilines is 1. The quantitative estimate of drug-likeness (QED) is 0.830.